The molecule has 5 rings (SSSR count). The minimum absolute atomic E-state index is 0.00746. The Kier molecular flexibility index (Phi) is 7.82. The number of amides is 1. The van der Waals surface area contributed by atoms with Crippen molar-refractivity contribution in [3.8, 4) is 11.5 Å². The standard InChI is InChI=1S/C31H36N4O3/c1-22-7-6-8-23(19-22)21-35-28-10-5-4-9-27(28)33-31(35)34-17-14-24(15-18-34)30(36)32-16-13-25-20-26(37-2)11-12-29(25)38-3/h4-12,19-20,24H,13-18,21H2,1-3H3,(H,32,36). The first-order valence-corrected chi connectivity index (χ1v) is 13.3. The maximum Gasteiger partial charge on any atom is 0.223 e. The molecule has 38 heavy (non-hydrogen) atoms. The van der Waals surface area contributed by atoms with Crippen LogP contribution < -0.4 is 19.7 Å². The number of para-hydroxylation sites is 2. The summed E-state index contributed by atoms with van der Waals surface area (Å²) in [5, 5.41) is 3.14. The van der Waals surface area contributed by atoms with Crippen molar-refractivity contribution in [2.45, 2.75) is 32.7 Å². The molecule has 2 heterocycles. The summed E-state index contributed by atoms with van der Waals surface area (Å²) < 4.78 is 13.1. The van der Waals surface area contributed by atoms with Crippen LogP contribution in [0.3, 0.4) is 0 Å². The fraction of sp³-hybridized carbons (Fsp3) is 0.355. The van der Waals surface area contributed by atoms with Crippen molar-refractivity contribution in [1.82, 2.24) is 14.9 Å². The normalized spacial score (nSPS) is 14.0. The Morgan fingerprint density at radius 3 is 2.58 bits per heavy atom. The maximum atomic E-state index is 13.0. The van der Waals surface area contributed by atoms with Crippen LogP contribution >= 0.6 is 0 Å². The first-order chi connectivity index (χ1) is 18.6. The second-order valence-electron chi connectivity index (χ2n) is 9.96. The van der Waals surface area contributed by atoms with Gasteiger partial charge in [-0.15, -0.1) is 0 Å². The van der Waals surface area contributed by atoms with Gasteiger partial charge in [-0.25, -0.2) is 4.98 Å². The Morgan fingerprint density at radius 1 is 1.00 bits per heavy atom. The number of aryl methyl sites for hydroxylation is 1. The van der Waals surface area contributed by atoms with Gasteiger partial charge in [0.15, 0.2) is 0 Å². The number of benzene rings is 3. The van der Waals surface area contributed by atoms with Crippen LogP contribution in [0.1, 0.15) is 29.5 Å². The van der Waals surface area contributed by atoms with Gasteiger partial charge in [-0.05, 0) is 67.6 Å². The van der Waals surface area contributed by atoms with Crippen molar-refractivity contribution >= 4 is 22.9 Å². The number of carbonyl (C=O) groups is 1. The molecule has 0 unspecified atom stereocenters. The molecule has 7 nitrogen and oxygen atoms in total. The van der Waals surface area contributed by atoms with E-state index in [1.54, 1.807) is 14.2 Å². The van der Waals surface area contributed by atoms with Crippen molar-refractivity contribution in [2.24, 2.45) is 5.92 Å². The number of nitrogens with zero attached hydrogens (tertiary/aromatic N) is 3. The molecule has 1 aliphatic heterocycles. The summed E-state index contributed by atoms with van der Waals surface area (Å²) in [4.78, 5) is 20.3. The van der Waals surface area contributed by atoms with E-state index in [2.05, 4.69) is 64.2 Å². The number of rotatable bonds is 9. The zero-order chi connectivity index (χ0) is 26.5. The van der Waals surface area contributed by atoms with E-state index in [1.165, 1.54) is 11.1 Å². The molecule has 3 aromatic carbocycles. The lowest BCUT2D eigenvalue weighted by atomic mass is 9.96. The van der Waals surface area contributed by atoms with Gasteiger partial charge in [-0.1, -0.05) is 42.0 Å². The smallest absolute Gasteiger partial charge is 0.223 e. The second-order valence-corrected chi connectivity index (χ2v) is 9.96. The summed E-state index contributed by atoms with van der Waals surface area (Å²) in [7, 11) is 3.31. The molecule has 1 saturated heterocycles. The number of fused-ring (bicyclic) bond motifs is 1. The van der Waals surface area contributed by atoms with E-state index in [9.17, 15) is 4.79 Å². The number of hydrogen-bond acceptors (Lipinski definition) is 5. The number of ether oxygens (including phenoxy) is 2. The average molecular weight is 513 g/mol. The highest BCUT2D eigenvalue weighted by Gasteiger charge is 2.27. The van der Waals surface area contributed by atoms with Crippen molar-refractivity contribution in [3.63, 3.8) is 0 Å². The van der Waals surface area contributed by atoms with Gasteiger partial charge in [0.1, 0.15) is 11.5 Å². The lowest BCUT2D eigenvalue weighted by Crippen LogP contribution is -2.42. The van der Waals surface area contributed by atoms with Gasteiger partial charge >= 0.3 is 0 Å². The third kappa shape index (κ3) is 5.62. The van der Waals surface area contributed by atoms with Crippen molar-refractivity contribution < 1.29 is 14.3 Å². The topological polar surface area (TPSA) is 68.6 Å². The molecule has 7 heteroatoms. The van der Waals surface area contributed by atoms with Crippen molar-refractivity contribution in [3.05, 3.63) is 83.4 Å². The Bertz CT molecular complexity index is 1410. The van der Waals surface area contributed by atoms with Crippen LogP contribution in [-0.2, 0) is 17.8 Å². The van der Waals surface area contributed by atoms with E-state index < -0.39 is 0 Å². The molecule has 0 saturated carbocycles. The number of anilines is 1. The summed E-state index contributed by atoms with van der Waals surface area (Å²) in [6.45, 7) is 5.07. The maximum absolute atomic E-state index is 13.0. The van der Waals surface area contributed by atoms with Gasteiger partial charge in [0.2, 0.25) is 11.9 Å². The van der Waals surface area contributed by atoms with E-state index >= 15 is 0 Å². The molecule has 0 radical (unpaired) electrons. The number of methoxy groups -OCH3 is 2. The molecule has 0 atom stereocenters. The summed E-state index contributed by atoms with van der Waals surface area (Å²) in [5.41, 5.74) is 5.68. The van der Waals surface area contributed by atoms with Gasteiger partial charge in [0, 0.05) is 25.6 Å². The highest BCUT2D eigenvalue weighted by Crippen LogP contribution is 2.28. The van der Waals surface area contributed by atoms with Gasteiger partial charge < -0.3 is 24.3 Å². The molecule has 0 aliphatic carbocycles. The molecule has 1 N–H and O–H groups in total. The quantitative estimate of drug-likeness (QED) is 0.342. The van der Waals surface area contributed by atoms with Gasteiger partial charge in [-0.3, -0.25) is 4.79 Å². The number of hydrogen-bond donors (Lipinski definition) is 1. The van der Waals surface area contributed by atoms with Gasteiger partial charge in [0.05, 0.1) is 31.8 Å². The van der Waals surface area contributed by atoms with E-state index in [0.717, 1.165) is 66.5 Å². The minimum atomic E-state index is 0.00746. The highest BCUT2D eigenvalue weighted by atomic mass is 16.5. The second kappa shape index (κ2) is 11.6. The zero-order valence-electron chi connectivity index (χ0n) is 22.4. The van der Waals surface area contributed by atoms with Crippen LogP contribution in [0, 0.1) is 12.8 Å². The van der Waals surface area contributed by atoms with Gasteiger partial charge in [0.25, 0.3) is 0 Å². The molecule has 0 spiro atoms. The fourth-order valence-electron chi connectivity index (χ4n) is 5.34. The van der Waals surface area contributed by atoms with E-state index in [-0.39, 0.29) is 11.8 Å². The predicted octanol–water partition coefficient (Wildman–Crippen LogP) is 4.99. The van der Waals surface area contributed by atoms with E-state index in [0.29, 0.717) is 13.0 Å². The average Bonchev–Trinajstić information content (AvgIpc) is 3.31. The molecule has 1 aromatic heterocycles. The first-order valence-electron chi connectivity index (χ1n) is 13.3. The number of piperidine rings is 1. The first kappa shape index (κ1) is 25.6. The third-order valence-corrected chi connectivity index (χ3v) is 7.39. The molecule has 0 bridgehead atoms. The molecule has 1 aliphatic rings. The van der Waals surface area contributed by atoms with E-state index in [1.807, 2.05) is 24.3 Å². The van der Waals surface area contributed by atoms with Crippen LogP contribution in [-0.4, -0.2) is 49.3 Å². The molecule has 4 aromatic rings. The number of aromatic nitrogens is 2. The molecule has 1 amide bonds. The Morgan fingerprint density at radius 2 is 1.82 bits per heavy atom. The third-order valence-electron chi connectivity index (χ3n) is 7.39. The molecular formula is C31H36N4O3. The van der Waals surface area contributed by atoms with Crippen LogP contribution in [0.2, 0.25) is 0 Å². The van der Waals surface area contributed by atoms with Crippen LogP contribution in [0.15, 0.2) is 66.7 Å². The SMILES string of the molecule is COc1ccc(OC)c(CCNC(=O)C2CCN(c3nc4ccccc4n3Cc3cccc(C)c3)CC2)c1. The Hall–Kier alpha value is -4.00. The zero-order valence-corrected chi connectivity index (χ0v) is 22.4. The highest BCUT2D eigenvalue weighted by molar-refractivity contribution is 5.80. The Balaban J connectivity index is 1.22. The Labute approximate surface area is 224 Å². The fourth-order valence-corrected chi connectivity index (χ4v) is 5.34. The van der Waals surface area contributed by atoms with Crippen LogP contribution in [0.25, 0.3) is 11.0 Å². The largest absolute Gasteiger partial charge is 0.497 e. The lowest BCUT2D eigenvalue weighted by molar-refractivity contribution is -0.125. The molecular weight excluding hydrogens is 476 g/mol. The van der Waals surface area contributed by atoms with Crippen LogP contribution in [0.5, 0.6) is 11.5 Å². The summed E-state index contributed by atoms with van der Waals surface area (Å²) in [6, 6.07) is 22.7. The van der Waals surface area contributed by atoms with E-state index in [4.69, 9.17) is 14.5 Å². The summed E-state index contributed by atoms with van der Waals surface area (Å²) >= 11 is 0. The molecule has 198 valence electrons. The number of nitrogens with one attached hydrogen (secondary N) is 1. The summed E-state index contributed by atoms with van der Waals surface area (Å²) in [5.74, 6) is 2.71. The summed E-state index contributed by atoms with van der Waals surface area (Å²) in [6.07, 6.45) is 2.30. The van der Waals surface area contributed by atoms with Gasteiger partial charge in [-0.2, -0.15) is 0 Å². The minimum Gasteiger partial charge on any atom is -0.497 e. The predicted molar refractivity (Wildman–Crippen MR) is 151 cm³/mol. The van der Waals surface area contributed by atoms with Crippen molar-refractivity contribution in [1.29, 1.82) is 0 Å². The number of imidazole rings is 1. The number of carbonyl (C=O) groups excluding carboxylic acids is 1. The monoisotopic (exact) mass is 512 g/mol. The van der Waals surface area contributed by atoms with Crippen LogP contribution in [0.4, 0.5) is 5.95 Å². The molecule has 1 fully saturated rings. The van der Waals surface area contributed by atoms with Crippen molar-refractivity contribution in [2.75, 3.05) is 38.8 Å². The lowest BCUT2D eigenvalue weighted by Gasteiger charge is -2.32.